The van der Waals surface area contributed by atoms with E-state index in [4.69, 9.17) is 0 Å². The smallest absolute Gasteiger partial charge is 0.219 e. The van der Waals surface area contributed by atoms with Crippen molar-refractivity contribution in [3.05, 3.63) is 27.6 Å². The maximum Gasteiger partial charge on any atom is 0.219 e. The van der Waals surface area contributed by atoms with Crippen molar-refractivity contribution < 1.29 is 4.79 Å². The van der Waals surface area contributed by atoms with E-state index < -0.39 is 0 Å². The highest BCUT2D eigenvalue weighted by Gasteiger charge is 2.23. The highest BCUT2D eigenvalue weighted by molar-refractivity contribution is 7.97. The van der Waals surface area contributed by atoms with Crippen LogP contribution < -0.4 is 5.32 Å². The maximum atomic E-state index is 11.6. The largest absolute Gasteiger partial charge is 0.342 e. The van der Waals surface area contributed by atoms with Crippen LogP contribution in [0.4, 0.5) is 5.00 Å². The molecule has 86 valence electrons. The van der Waals surface area contributed by atoms with E-state index in [1.807, 2.05) is 0 Å². The van der Waals surface area contributed by atoms with Crippen LogP contribution in [0.15, 0.2) is 11.6 Å². The van der Waals surface area contributed by atoms with Gasteiger partial charge in [-0.1, -0.05) is 6.58 Å². The molecule has 0 unspecified atom stereocenters. The Bertz CT molecular complexity index is 450. The Hall–Kier alpha value is -0.390. The number of fused-ring (bicyclic) bond motifs is 1. The molecule has 1 aromatic rings. The summed E-state index contributed by atoms with van der Waals surface area (Å²) in [5.74, 6) is 0. The molecule has 0 spiro atoms. The van der Waals surface area contributed by atoms with Crippen LogP contribution in [0.5, 0.6) is 0 Å². The molecule has 2 rings (SSSR count). The molecule has 5 heteroatoms. The fourth-order valence-electron chi connectivity index (χ4n) is 2.01. The first-order valence-corrected chi connectivity index (χ1v) is 6.83. The lowest BCUT2D eigenvalue weighted by atomic mass is 9.96. The number of hydrogen-bond donors (Lipinski definition) is 3. The van der Waals surface area contributed by atoms with Crippen molar-refractivity contribution in [2.75, 3.05) is 5.32 Å². The van der Waals surface area contributed by atoms with Gasteiger partial charge in [-0.05, 0) is 31.2 Å². The molecule has 0 bridgehead atoms. The number of carbonyl (C=O) groups is 1. The van der Waals surface area contributed by atoms with Crippen molar-refractivity contribution in [2.24, 2.45) is 0 Å². The Morgan fingerprint density at radius 3 is 2.62 bits per heavy atom. The Labute approximate surface area is 110 Å². The normalized spacial score (nSPS) is 14.4. The van der Waals surface area contributed by atoms with E-state index in [-0.39, 0.29) is 5.12 Å². The lowest BCUT2D eigenvalue weighted by Crippen LogP contribution is -2.04. The zero-order valence-corrected chi connectivity index (χ0v) is 11.4. The second-order valence-electron chi connectivity index (χ2n) is 3.79. The second-order valence-corrected chi connectivity index (χ2v) is 5.84. The molecule has 16 heavy (non-hydrogen) atoms. The lowest BCUT2D eigenvalue weighted by Gasteiger charge is -2.11. The topological polar surface area (TPSA) is 29.1 Å². The Kier molecular flexibility index (Phi) is 3.66. The van der Waals surface area contributed by atoms with Gasteiger partial charge in [-0.3, -0.25) is 4.79 Å². The molecule has 0 saturated carbocycles. The summed E-state index contributed by atoms with van der Waals surface area (Å²) in [6.45, 7) is 3.68. The number of carbonyl (C=O) groups excluding carboxylic acids is 1. The number of thiol groups is 2. The quantitative estimate of drug-likeness (QED) is 0.734. The Morgan fingerprint density at radius 1 is 1.31 bits per heavy atom. The average molecular weight is 271 g/mol. The average Bonchev–Trinajstić information content (AvgIpc) is 2.53. The maximum absolute atomic E-state index is 11.6. The number of anilines is 1. The van der Waals surface area contributed by atoms with E-state index in [0.29, 0.717) is 5.03 Å². The molecule has 1 aliphatic rings. The lowest BCUT2D eigenvalue weighted by molar-refractivity contribution is 0.109. The van der Waals surface area contributed by atoms with Crippen molar-refractivity contribution >= 4 is 46.7 Å². The number of rotatable bonds is 3. The summed E-state index contributed by atoms with van der Waals surface area (Å²) in [5.41, 5.74) is 1.89. The summed E-state index contributed by atoms with van der Waals surface area (Å²) in [5, 5.41) is 4.25. The third-order valence-corrected chi connectivity index (χ3v) is 4.19. The Morgan fingerprint density at radius 2 is 2.00 bits per heavy atom. The van der Waals surface area contributed by atoms with Crippen molar-refractivity contribution in [2.45, 2.75) is 25.7 Å². The molecule has 0 fully saturated rings. The van der Waals surface area contributed by atoms with Gasteiger partial charge < -0.3 is 5.32 Å². The van der Waals surface area contributed by atoms with Crippen molar-refractivity contribution in [3.8, 4) is 0 Å². The minimum atomic E-state index is -0.170. The summed E-state index contributed by atoms with van der Waals surface area (Å²) in [6, 6.07) is 0. The molecule has 1 heterocycles. The minimum absolute atomic E-state index is 0.170. The van der Waals surface area contributed by atoms with Gasteiger partial charge >= 0.3 is 0 Å². The van der Waals surface area contributed by atoms with Crippen LogP contribution in [-0.2, 0) is 12.8 Å². The zero-order valence-electron chi connectivity index (χ0n) is 8.75. The van der Waals surface area contributed by atoms with E-state index in [0.717, 1.165) is 29.8 Å². The first-order valence-electron chi connectivity index (χ1n) is 5.12. The van der Waals surface area contributed by atoms with Gasteiger partial charge in [0, 0.05) is 4.88 Å². The third-order valence-electron chi connectivity index (χ3n) is 2.64. The summed E-state index contributed by atoms with van der Waals surface area (Å²) in [7, 11) is 0. The molecule has 0 aliphatic heterocycles. The number of nitrogens with one attached hydrogen (secondary N) is 1. The van der Waals surface area contributed by atoms with Gasteiger partial charge in [-0.2, -0.15) is 0 Å². The van der Waals surface area contributed by atoms with Crippen molar-refractivity contribution in [1.82, 2.24) is 0 Å². The highest BCUT2D eigenvalue weighted by atomic mass is 32.1. The predicted molar refractivity (Wildman–Crippen MR) is 76.0 cm³/mol. The first-order chi connectivity index (χ1) is 7.59. The van der Waals surface area contributed by atoms with Gasteiger partial charge in [0.25, 0.3) is 0 Å². The van der Waals surface area contributed by atoms with Gasteiger partial charge in [0.15, 0.2) is 0 Å². The van der Waals surface area contributed by atoms with E-state index in [9.17, 15) is 4.79 Å². The van der Waals surface area contributed by atoms with E-state index in [2.05, 4.69) is 37.2 Å². The fourth-order valence-corrected chi connectivity index (χ4v) is 3.83. The SMILES string of the molecule is C=C(S)Nc1sc2c(c1C(=O)S)CCCC2. The molecule has 0 atom stereocenters. The second kappa shape index (κ2) is 4.85. The molecular formula is C11H13NOS3. The number of hydrogen-bond acceptors (Lipinski definition) is 4. The molecule has 0 amide bonds. The standard InChI is InChI=1S/C11H13NOS3/c1-6(14)12-10-9(11(13)15)7-4-2-3-5-8(7)16-10/h12,14H,1-5H2,(H,13,15). The van der Waals surface area contributed by atoms with Gasteiger partial charge in [0.1, 0.15) is 5.00 Å². The van der Waals surface area contributed by atoms with Crippen LogP contribution in [-0.4, -0.2) is 5.12 Å². The van der Waals surface area contributed by atoms with E-state index in [1.54, 1.807) is 11.3 Å². The fraction of sp³-hybridized carbons (Fsp3) is 0.364. The van der Waals surface area contributed by atoms with Gasteiger partial charge in [-0.25, -0.2) is 0 Å². The van der Waals surface area contributed by atoms with Crippen molar-refractivity contribution in [3.63, 3.8) is 0 Å². The van der Waals surface area contributed by atoms with Crippen LogP contribution in [0.2, 0.25) is 0 Å². The Balaban J connectivity index is 2.47. The molecule has 2 nitrogen and oxygen atoms in total. The summed E-state index contributed by atoms with van der Waals surface area (Å²) in [4.78, 5) is 12.9. The summed E-state index contributed by atoms with van der Waals surface area (Å²) < 4.78 is 0. The molecule has 0 saturated heterocycles. The number of thiophene rings is 1. The van der Waals surface area contributed by atoms with Crippen molar-refractivity contribution in [1.29, 1.82) is 0 Å². The molecule has 0 radical (unpaired) electrons. The summed E-state index contributed by atoms with van der Waals surface area (Å²) >= 11 is 9.69. The van der Waals surface area contributed by atoms with E-state index in [1.165, 1.54) is 16.9 Å². The minimum Gasteiger partial charge on any atom is -0.342 e. The monoisotopic (exact) mass is 271 g/mol. The van der Waals surface area contributed by atoms with E-state index >= 15 is 0 Å². The predicted octanol–water partition coefficient (Wildman–Crippen LogP) is 3.51. The van der Waals surface area contributed by atoms with Gasteiger partial charge in [0.05, 0.1) is 10.6 Å². The molecule has 1 aromatic heterocycles. The van der Waals surface area contributed by atoms with Crippen LogP contribution in [0.1, 0.15) is 33.6 Å². The van der Waals surface area contributed by atoms with Crippen LogP contribution in [0, 0.1) is 0 Å². The molecule has 1 N–H and O–H groups in total. The molecule has 0 aromatic carbocycles. The molecule has 1 aliphatic carbocycles. The van der Waals surface area contributed by atoms with Gasteiger partial charge in [-0.15, -0.1) is 36.6 Å². The van der Waals surface area contributed by atoms with Crippen LogP contribution >= 0.6 is 36.6 Å². The summed E-state index contributed by atoms with van der Waals surface area (Å²) in [6.07, 6.45) is 4.40. The first kappa shape index (κ1) is 12.1. The number of aryl methyl sites for hydroxylation is 1. The highest BCUT2D eigenvalue weighted by Crippen LogP contribution is 2.39. The van der Waals surface area contributed by atoms with Gasteiger partial charge in [0.2, 0.25) is 5.12 Å². The van der Waals surface area contributed by atoms with Crippen LogP contribution in [0.25, 0.3) is 0 Å². The van der Waals surface area contributed by atoms with Crippen LogP contribution in [0.3, 0.4) is 0 Å². The third kappa shape index (κ3) is 2.31. The zero-order chi connectivity index (χ0) is 11.7. The molecular weight excluding hydrogens is 258 g/mol.